The minimum Gasteiger partial charge on any atom is -0.372 e. The summed E-state index contributed by atoms with van der Waals surface area (Å²) in [4.78, 5) is 4.67. The molecule has 1 saturated carbocycles. The van der Waals surface area contributed by atoms with Crippen molar-refractivity contribution in [3.05, 3.63) is 59.7 Å². The summed E-state index contributed by atoms with van der Waals surface area (Å²) in [6.45, 7) is 1.94. The molecule has 1 unspecified atom stereocenters. The highest BCUT2D eigenvalue weighted by Gasteiger charge is 2.63. The monoisotopic (exact) mass is 260 g/mol. The molecule has 0 amide bonds. The van der Waals surface area contributed by atoms with Gasteiger partial charge >= 0.3 is 0 Å². The fraction of sp³-hybridized carbons (Fsp3) is 0.278. The zero-order chi connectivity index (χ0) is 13.2. The lowest BCUT2D eigenvalue weighted by molar-refractivity contribution is 0.820. The van der Waals surface area contributed by atoms with Crippen LogP contribution in [0.3, 0.4) is 0 Å². The van der Waals surface area contributed by atoms with Crippen LogP contribution in [0.1, 0.15) is 17.5 Å². The van der Waals surface area contributed by atoms with E-state index in [0.29, 0.717) is 5.92 Å². The number of fused-ring (bicyclic) bond motifs is 5. The molecule has 0 radical (unpaired) electrons. The summed E-state index contributed by atoms with van der Waals surface area (Å²) in [6.07, 6.45) is 1.20. The van der Waals surface area contributed by atoms with Crippen molar-refractivity contribution in [1.29, 1.82) is 0 Å². The molecule has 2 aromatic carbocycles. The number of aliphatic imine (C=N–C) groups is 1. The van der Waals surface area contributed by atoms with Crippen molar-refractivity contribution in [2.75, 3.05) is 13.1 Å². The molecule has 2 aliphatic carbocycles. The van der Waals surface area contributed by atoms with Gasteiger partial charge in [0.1, 0.15) is 5.84 Å². The quantitative estimate of drug-likeness (QED) is 0.837. The summed E-state index contributed by atoms with van der Waals surface area (Å²) in [7, 11) is 0. The van der Waals surface area contributed by atoms with E-state index in [1.54, 1.807) is 0 Å². The van der Waals surface area contributed by atoms with Gasteiger partial charge in [-0.25, -0.2) is 0 Å². The number of hydrogen-bond donors (Lipinski definition) is 1. The SMILES string of the molecule is c1ccc2c(c1)-c1ccccc1C21CC1C1=NCCN1. The van der Waals surface area contributed by atoms with Crippen molar-refractivity contribution < 1.29 is 0 Å². The van der Waals surface area contributed by atoms with Crippen LogP contribution in [-0.2, 0) is 5.41 Å². The Morgan fingerprint density at radius 3 is 2.20 bits per heavy atom. The van der Waals surface area contributed by atoms with E-state index in [9.17, 15) is 0 Å². The molecule has 0 bridgehead atoms. The van der Waals surface area contributed by atoms with E-state index in [0.717, 1.165) is 13.1 Å². The first kappa shape index (κ1) is 10.7. The van der Waals surface area contributed by atoms with Crippen molar-refractivity contribution in [2.24, 2.45) is 10.9 Å². The number of rotatable bonds is 1. The van der Waals surface area contributed by atoms with Gasteiger partial charge in [0, 0.05) is 17.9 Å². The second-order valence-corrected chi connectivity index (χ2v) is 6.01. The van der Waals surface area contributed by atoms with E-state index in [-0.39, 0.29) is 5.41 Å². The van der Waals surface area contributed by atoms with E-state index in [1.165, 1.54) is 34.5 Å². The fourth-order valence-electron chi connectivity index (χ4n) is 4.20. The molecule has 1 fully saturated rings. The lowest BCUT2D eigenvalue weighted by Gasteiger charge is -2.14. The van der Waals surface area contributed by atoms with Gasteiger partial charge in [0.15, 0.2) is 0 Å². The van der Waals surface area contributed by atoms with Gasteiger partial charge < -0.3 is 5.32 Å². The molecule has 0 saturated heterocycles. The number of nitrogens with zero attached hydrogens (tertiary/aromatic N) is 1. The predicted molar refractivity (Wildman–Crippen MR) is 81.1 cm³/mol. The van der Waals surface area contributed by atoms with E-state index in [4.69, 9.17) is 0 Å². The molecule has 1 atom stereocenters. The third kappa shape index (κ3) is 1.13. The van der Waals surface area contributed by atoms with Crippen molar-refractivity contribution in [1.82, 2.24) is 5.32 Å². The van der Waals surface area contributed by atoms with Crippen molar-refractivity contribution in [3.8, 4) is 11.1 Å². The first-order valence-corrected chi connectivity index (χ1v) is 7.39. The van der Waals surface area contributed by atoms with E-state index >= 15 is 0 Å². The number of nitrogens with one attached hydrogen (secondary N) is 1. The van der Waals surface area contributed by atoms with Crippen LogP contribution in [0.15, 0.2) is 53.5 Å². The third-order valence-corrected chi connectivity index (χ3v) is 5.10. The van der Waals surface area contributed by atoms with Crippen molar-refractivity contribution >= 4 is 5.84 Å². The third-order valence-electron chi connectivity index (χ3n) is 5.10. The van der Waals surface area contributed by atoms with Gasteiger partial charge in [-0.15, -0.1) is 0 Å². The van der Waals surface area contributed by atoms with E-state index < -0.39 is 0 Å². The molecular weight excluding hydrogens is 244 g/mol. The van der Waals surface area contributed by atoms with E-state index in [2.05, 4.69) is 58.8 Å². The Kier molecular flexibility index (Phi) is 1.87. The molecule has 20 heavy (non-hydrogen) atoms. The summed E-state index contributed by atoms with van der Waals surface area (Å²) in [5.74, 6) is 1.78. The Morgan fingerprint density at radius 2 is 1.60 bits per heavy atom. The average Bonchev–Trinajstić information content (AvgIpc) is 2.90. The molecule has 2 heteroatoms. The minimum atomic E-state index is 0.198. The maximum absolute atomic E-state index is 4.67. The molecule has 1 spiro atoms. The summed E-state index contributed by atoms with van der Waals surface area (Å²) >= 11 is 0. The summed E-state index contributed by atoms with van der Waals surface area (Å²) in [5, 5.41) is 3.48. The minimum absolute atomic E-state index is 0.198. The number of benzene rings is 2. The van der Waals surface area contributed by atoms with Crippen molar-refractivity contribution in [3.63, 3.8) is 0 Å². The highest BCUT2D eigenvalue weighted by atomic mass is 15.1. The molecule has 5 rings (SSSR count). The lowest BCUT2D eigenvalue weighted by atomic mass is 9.90. The standard InChI is InChI=1S/C18H16N2/c1-3-7-14-12(5-1)13-6-2-4-8-15(13)18(14)11-16(18)17-19-9-10-20-17/h1-8,16H,9-11H2,(H,19,20). The van der Waals surface area contributed by atoms with Gasteiger partial charge in [0.2, 0.25) is 0 Å². The first-order chi connectivity index (χ1) is 9.91. The largest absolute Gasteiger partial charge is 0.372 e. The molecule has 2 nitrogen and oxygen atoms in total. The molecular formula is C18H16N2. The van der Waals surface area contributed by atoms with E-state index in [1.807, 2.05) is 0 Å². The molecule has 1 aliphatic heterocycles. The first-order valence-electron chi connectivity index (χ1n) is 7.39. The highest BCUT2D eigenvalue weighted by Crippen LogP contribution is 2.66. The Hall–Kier alpha value is -2.09. The van der Waals surface area contributed by atoms with Crippen LogP contribution in [0, 0.1) is 5.92 Å². The van der Waals surface area contributed by atoms with Gasteiger partial charge in [-0.3, -0.25) is 4.99 Å². The molecule has 1 N–H and O–H groups in total. The van der Waals surface area contributed by atoms with Crippen LogP contribution in [0.25, 0.3) is 11.1 Å². The maximum atomic E-state index is 4.67. The van der Waals surface area contributed by atoms with Gasteiger partial charge in [-0.1, -0.05) is 48.5 Å². The van der Waals surface area contributed by atoms with Crippen LogP contribution < -0.4 is 5.32 Å². The van der Waals surface area contributed by atoms with Crippen LogP contribution in [0.2, 0.25) is 0 Å². The molecule has 0 aromatic heterocycles. The fourth-order valence-corrected chi connectivity index (χ4v) is 4.20. The molecule has 1 heterocycles. The smallest absolute Gasteiger partial charge is 0.101 e. The van der Waals surface area contributed by atoms with Crippen LogP contribution in [0.4, 0.5) is 0 Å². The van der Waals surface area contributed by atoms with Crippen molar-refractivity contribution in [2.45, 2.75) is 11.8 Å². The number of amidine groups is 1. The van der Waals surface area contributed by atoms with Crippen LogP contribution >= 0.6 is 0 Å². The zero-order valence-electron chi connectivity index (χ0n) is 11.3. The van der Waals surface area contributed by atoms with Gasteiger partial charge in [0.25, 0.3) is 0 Å². The van der Waals surface area contributed by atoms with Crippen LogP contribution in [0.5, 0.6) is 0 Å². The maximum Gasteiger partial charge on any atom is 0.101 e. The predicted octanol–water partition coefficient (Wildman–Crippen LogP) is 2.97. The number of hydrogen-bond acceptors (Lipinski definition) is 2. The second-order valence-electron chi connectivity index (χ2n) is 6.01. The zero-order valence-corrected chi connectivity index (χ0v) is 11.3. The Morgan fingerprint density at radius 1 is 0.950 bits per heavy atom. The van der Waals surface area contributed by atoms with Gasteiger partial charge in [-0.05, 0) is 28.7 Å². The lowest BCUT2D eigenvalue weighted by Crippen LogP contribution is -2.24. The molecule has 98 valence electrons. The average molecular weight is 260 g/mol. The Balaban J connectivity index is 1.74. The topological polar surface area (TPSA) is 24.4 Å². The Bertz CT molecular complexity index is 699. The summed E-state index contributed by atoms with van der Waals surface area (Å²) < 4.78 is 0. The molecule has 2 aromatic rings. The summed E-state index contributed by atoms with van der Waals surface area (Å²) in [5.41, 5.74) is 6.04. The Labute approximate surface area is 118 Å². The highest BCUT2D eigenvalue weighted by molar-refractivity contribution is 5.96. The second kappa shape index (κ2) is 3.51. The molecule has 3 aliphatic rings. The summed E-state index contributed by atoms with van der Waals surface area (Å²) in [6, 6.07) is 17.8. The van der Waals surface area contributed by atoms with Crippen LogP contribution in [-0.4, -0.2) is 18.9 Å². The van der Waals surface area contributed by atoms with Gasteiger partial charge in [-0.2, -0.15) is 0 Å². The normalized spacial score (nSPS) is 24.0. The van der Waals surface area contributed by atoms with Gasteiger partial charge in [0.05, 0.1) is 6.54 Å².